The summed E-state index contributed by atoms with van der Waals surface area (Å²) >= 11 is 0. The van der Waals surface area contributed by atoms with Gasteiger partial charge < -0.3 is 0 Å². The Bertz CT molecular complexity index is 785. The average molecular weight is 558 g/mol. The van der Waals surface area contributed by atoms with Crippen LogP contribution in [0.3, 0.4) is 0 Å². The molecule has 141 valence electrons. The molecular weight excluding hydrogens is 536 g/mol. The van der Waals surface area contributed by atoms with E-state index in [9.17, 15) is 9.59 Å². The fraction of sp³-hybridized carbons (Fsp3) is 0.130. The summed E-state index contributed by atoms with van der Waals surface area (Å²) in [5.41, 5.74) is -0.685. The molecule has 1 radical (unpaired) electrons. The van der Waals surface area contributed by atoms with Gasteiger partial charge in [-0.25, -0.2) is 0 Å². The van der Waals surface area contributed by atoms with Crippen molar-refractivity contribution in [3.05, 3.63) is 91.0 Å². The van der Waals surface area contributed by atoms with Gasteiger partial charge in [-0.15, -0.1) is 0 Å². The Labute approximate surface area is 176 Å². The molecule has 3 aromatic carbocycles. The summed E-state index contributed by atoms with van der Waals surface area (Å²) in [7, 11) is -2.47. The van der Waals surface area contributed by atoms with E-state index in [1.165, 1.54) is 13.8 Å². The van der Waals surface area contributed by atoms with Crippen LogP contribution >= 0.6 is 7.26 Å². The third kappa shape index (κ3) is 4.05. The minimum atomic E-state index is -2.47. The van der Waals surface area contributed by atoms with Gasteiger partial charge in [-0.05, 0) is 50.2 Å². The minimum Gasteiger partial charge on any atom is -0.295 e. The van der Waals surface area contributed by atoms with E-state index in [0.29, 0.717) is 0 Å². The first-order valence-corrected chi connectivity index (χ1v) is 10.5. The number of benzene rings is 3. The number of carbonyl (C=O) groups excluding carboxylic acids is 2. The molecule has 0 aromatic heterocycles. The molecule has 0 N–H and O–H groups in total. The maximum atomic E-state index is 12.8. The molecule has 0 saturated heterocycles. The van der Waals surface area contributed by atoms with Gasteiger partial charge in [0.15, 0.2) is 17.2 Å². The average Bonchev–Trinajstić information content (AvgIpc) is 2.67. The van der Waals surface area contributed by atoms with Crippen LogP contribution in [0.2, 0.25) is 0 Å². The third-order valence-corrected chi connectivity index (χ3v) is 9.49. The van der Waals surface area contributed by atoms with E-state index < -0.39 is 12.9 Å². The molecule has 0 heterocycles. The number of ketones is 2. The zero-order chi connectivity index (χ0) is 18.6. The van der Waals surface area contributed by atoms with Crippen molar-refractivity contribution in [3.63, 3.8) is 0 Å². The van der Waals surface area contributed by atoms with Gasteiger partial charge >= 0.3 is 0 Å². The second-order valence-corrected chi connectivity index (χ2v) is 9.86. The zero-order valence-electron chi connectivity index (χ0n) is 15.3. The molecule has 0 aliphatic rings. The van der Waals surface area contributed by atoms with Gasteiger partial charge in [-0.2, -0.15) is 0 Å². The maximum Gasteiger partial charge on any atom is 0.198 e. The summed E-state index contributed by atoms with van der Waals surface area (Å²) in [6.07, 6.45) is 0. The molecule has 27 heavy (non-hydrogen) atoms. The van der Waals surface area contributed by atoms with Crippen molar-refractivity contribution in [1.29, 1.82) is 0 Å². The maximum absolute atomic E-state index is 12.8. The number of hydrogen-bond donors (Lipinski definition) is 0. The molecule has 0 atom stereocenters. The molecule has 0 fully saturated rings. The molecule has 0 bridgehead atoms. The number of rotatable bonds is 6. The van der Waals surface area contributed by atoms with Crippen LogP contribution in [0.15, 0.2) is 91.0 Å². The first-order chi connectivity index (χ1) is 12.6. The molecule has 0 spiro atoms. The van der Waals surface area contributed by atoms with Gasteiger partial charge in [0.25, 0.3) is 0 Å². The normalized spacial score (nSPS) is 10.9. The topological polar surface area (TPSA) is 34.1 Å². The van der Waals surface area contributed by atoms with Gasteiger partial charge in [0.05, 0.1) is 0 Å². The third-order valence-electron chi connectivity index (χ3n) is 4.65. The first kappa shape index (κ1) is 21.5. The Hall–Kier alpha value is -1.83. The van der Waals surface area contributed by atoms with Crippen molar-refractivity contribution in [3.8, 4) is 0 Å². The van der Waals surface area contributed by atoms with E-state index >= 15 is 0 Å². The Morgan fingerprint density at radius 3 is 1.07 bits per heavy atom. The van der Waals surface area contributed by atoms with E-state index in [4.69, 9.17) is 0 Å². The summed E-state index contributed by atoms with van der Waals surface area (Å²) < 4.78 is 0. The molecule has 0 unspecified atom stereocenters. The van der Waals surface area contributed by atoms with E-state index in [2.05, 4.69) is 0 Å². The Kier molecular flexibility index (Phi) is 7.47. The van der Waals surface area contributed by atoms with Crippen molar-refractivity contribution in [2.45, 2.75) is 19.5 Å². The van der Waals surface area contributed by atoms with Crippen LogP contribution in [0.25, 0.3) is 0 Å². The van der Waals surface area contributed by atoms with Gasteiger partial charge in [-0.1, -0.05) is 54.6 Å². The predicted molar refractivity (Wildman–Crippen MR) is 110 cm³/mol. The van der Waals surface area contributed by atoms with Crippen molar-refractivity contribution in [2.75, 3.05) is 0 Å². The van der Waals surface area contributed by atoms with Gasteiger partial charge in [-0.3, -0.25) is 9.59 Å². The Morgan fingerprint density at radius 2 is 0.852 bits per heavy atom. The quantitative estimate of drug-likeness (QED) is 0.264. The summed E-state index contributed by atoms with van der Waals surface area (Å²) in [4.78, 5) is 25.5. The smallest absolute Gasteiger partial charge is 0.198 e. The number of hydrogen-bond acceptors (Lipinski definition) is 2. The van der Waals surface area contributed by atoms with Crippen LogP contribution in [0.5, 0.6) is 0 Å². The van der Waals surface area contributed by atoms with Crippen molar-refractivity contribution < 1.29 is 32.0 Å². The Morgan fingerprint density at radius 1 is 0.593 bits per heavy atom. The van der Waals surface area contributed by atoms with Crippen LogP contribution < -0.4 is 15.9 Å². The summed E-state index contributed by atoms with van der Waals surface area (Å²) in [5, 5.41) is 3.15. The molecule has 3 aromatic rings. The van der Waals surface area contributed by atoms with Gasteiger partial charge in [0.1, 0.15) is 23.2 Å². The van der Waals surface area contributed by atoms with Crippen molar-refractivity contribution >= 4 is 34.7 Å². The van der Waals surface area contributed by atoms with Crippen molar-refractivity contribution in [1.82, 2.24) is 0 Å². The fourth-order valence-electron chi connectivity index (χ4n) is 3.72. The molecule has 2 nitrogen and oxygen atoms in total. The molecule has 4 heteroatoms. The molecule has 3 rings (SSSR count). The van der Waals surface area contributed by atoms with Crippen LogP contribution in [0, 0.1) is 0 Å². The fourth-order valence-corrected chi connectivity index (χ4v) is 8.52. The van der Waals surface area contributed by atoms with E-state index in [0.717, 1.165) is 15.9 Å². The second-order valence-electron chi connectivity index (χ2n) is 6.35. The monoisotopic (exact) mass is 558 g/mol. The van der Waals surface area contributed by atoms with Crippen LogP contribution in [-0.2, 0) is 32.0 Å². The molecule has 0 aliphatic carbocycles. The van der Waals surface area contributed by atoms with E-state index in [1.54, 1.807) is 0 Å². The van der Waals surface area contributed by atoms with E-state index in [-0.39, 0.29) is 33.9 Å². The van der Waals surface area contributed by atoms with E-state index in [1.807, 2.05) is 91.0 Å². The summed E-state index contributed by atoms with van der Waals surface area (Å²) in [6.45, 7) is 3.07. The minimum absolute atomic E-state index is 0. The van der Waals surface area contributed by atoms with Crippen LogP contribution in [0.1, 0.15) is 13.8 Å². The standard InChI is InChI=1S/C23H22O2P.Au/c1-18(24)23(19(2)25)26(20-12-6-3-7-13-20,21-14-8-4-9-15-21)22-16-10-5-11-17-22;/h3-17,23H,1-2H3;/q+1;. The second kappa shape index (κ2) is 9.39. The summed E-state index contributed by atoms with van der Waals surface area (Å²) in [6, 6.07) is 30.1. The number of Topliss-reactive ketones (excluding diaryl/α,β-unsaturated/α-hetero) is 2. The zero-order valence-corrected chi connectivity index (χ0v) is 18.4. The molecule has 0 aliphatic heterocycles. The largest absolute Gasteiger partial charge is 0.295 e. The van der Waals surface area contributed by atoms with Gasteiger partial charge in [0, 0.05) is 22.4 Å². The molecule has 0 amide bonds. The van der Waals surface area contributed by atoms with Gasteiger partial charge in [0.2, 0.25) is 0 Å². The predicted octanol–water partition coefficient (Wildman–Crippen LogP) is 3.52. The van der Waals surface area contributed by atoms with Crippen molar-refractivity contribution in [2.24, 2.45) is 0 Å². The summed E-state index contributed by atoms with van der Waals surface area (Å²) in [5.74, 6) is -0.162. The number of carbonyl (C=O) groups is 2. The molecule has 0 saturated carbocycles. The van der Waals surface area contributed by atoms with Crippen LogP contribution in [0.4, 0.5) is 0 Å². The Balaban J connectivity index is 0.00000261. The molecular formula is C23H22AuO2P+. The SMILES string of the molecule is CC(=O)C(C(C)=O)[P+](c1ccccc1)(c1ccccc1)c1ccccc1.[Au]. The first-order valence-electron chi connectivity index (χ1n) is 8.65. The van der Waals surface area contributed by atoms with Crippen LogP contribution in [-0.4, -0.2) is 17.2 Å².